The van der Waals surface area contributed by atoms with Crippen LogP contribution in [0, 0.1) is 50.0 Å². The van der Waals surface area contributed by atoms with Crippen molar-refractivity contribution in [3.8, 4) is 0 Å². The van der Waals surface area contributed by atoms with Crippen molar-refractivity contribution in [3.63, 3.8) is 0 Å². The Balaban J connectivity index is 0.00000144. The largest absolute Gasteiger partial charge is 0.659 e. The smallest absolute Gasteiger partial charge is 0.229 e. The zero-order chi connectivity index (χ0) is 11.5. The molecule has 0 amide bonds. The van der Waals surface area contributed by atoms with E-state index in [4.69, 9.17) is 0 Å². The van der Waals surface area contributed by atoms with Crippen molar-refractivity contribution in [2.75, 3.05) is 50.1 Å². The number of aromatic nitrogens is 2. The predicted octanol–water partition coefficient (Wildman–Crippen LogP) is 0.875. The predicted molar refractivity (Wildman–Crippen MR) is 61.6 cm³/mol. The van der Waals surface area contributed by atoms with E-state index >= 15 is 0 Å². The third-order valence-corrected chi connectivity index (χ3v) is 2.47. The molecule has 91 valence electrons. The van der Waals surface area contributed by atoms with Crippen molar-refractivity contribution >= 4 is 11.8 Å². The molecule has 1 saturated heterocycles. The Bertz CT molecular complexity index is 368. The van der Waals surface area contributed by atoms with Gasteiger partial charge in [0.15, 0.2) is 0 Å². The van der Waals surface area contributed by atoms with E-state index in [2.05, 4.69) is 15.3 Å². The summed E-state index contributed by atoms with van der Waals surface area (Å²) in [6.45, 7) is 3.04. The van der Waals surface area contributed by atoms with Gasteiger partial charge in [0, 0.05) is 77.3 Å². The summed E-state index contributed by atoms with van der Waals surface area (Å²) >= 11 is 0. The fourth-order valence-electron chi connectivity index (χ4n) is 1.57. The van der Waals surface area contributed by atoms with Gasteiger partial charge < -0.3 is 15.1 Å². The normalized spacial score (nSPS) is 15.4. The van der Waals surface area contributed by atoms with Gasteiger partial charge in [0.25, 0.3) is 0 Å². The molecule has 0 bridgehead atoms. The molecule has 2 rings (SSSR count). The molecule has 0 aromatic carbocycles. The molecule has 1 aliphatic heterocycles. The van der Waals surface area contributed by atoms with E-state index in [-0.39, 0.29) is 44.1 Å². The van der Waals surface area contributed by atoms with Crippen molar-refractivity contribution in [2.24, 2.45) is 0 Å². The molecule has 1 radical (unpaired) electrons. The number of rotatable bonds is 2. The Kier molecular flexibility index (Phi) is 6.04. The van der Waals surface area contributed by atoms with Gasteiger partial charge in [0.1, 0.15) is 5.82 Å². The maximum absolute atomic E-state index is 13.3. The molecule has 1 aromatic rings. The molecule has 0 aliphatic carbocycles. The number of halogens is 1. The first kappa shape index (κ1) is 15.1. The standard InChI is InChI=1S/C10H15FN5.Ac/c1-15(2)9-7-8(11)13-10(14-9)16-5-3-12-4-6-16;/h7H,3-6H2,1-2H3;/q-1;. The monoisotopic (exact) mass is 451 g/mol. The zero-order valence-electron chi connectivity index (χ0n) is 10.1. The number of hydrogen-bond donors (Lipinski definition) is 0. The first-order valence-electron chi connectivity index (χ1n) is 5.27. The average molecular weight is 451 g/mol. The van der Waals surface area contributed by atoms with Gasteiger partial charge in [0.05, 0.1) is 0 Å². The van der Waals surface area contributed by atoms with Gasteiger partial charge in [-0.15, -0.1) is 13.1 Å². The second-order valence-electron chi connectivity index (χ2n) is 3.90. The van der Waals surface area contributed by atoms with Crippen LogP contribution in [0.15, 0.2) is 6.07 Å². The van der Waals surface area contributed by atoms with Crippen molar-refractivity contribution in [1.29, 1.82) is 0 Å². The molecule has 2 heterocycles. The van der Waals surface area contributed by atoms with Gasteiger partial charge in [-0.2, -0.15) is 14.4 Å². The van der Waals surface area contributed by atoms with Crippen LogP contribution in [0.3, 0.4) is 0 Å². The molecule has 5 nitrogen and oxygen atoms in total. The van der Waals surface area contributed by atoms with Crippen molar-refractivity contribution in [2.45, 2.75) is 0 Å². The molecule has 0 spiro atoms. The SMILES string of the molecule is CN(C)c1cc(F)nc(N2CC[N-]CC2)n1.[Ac]. The number of anilines is 2. The van der Waals surface area contributed by atoms with Crippen LogP contribution >= 0.6 is 0 Å². The Hall–Kier alpha value is 0.0116. The van der Waals surface area contributed by atoms with Gasteiger partial charge >= 0.3 is 0 Å². The molecule has 0 N–H and O–H groups in total. The molecular weight excluding hydrogens is 436 g/mol. The summed E-state index contributed by atoms with van der Waals surface area (Å²) in [5, 5.41) is 4.23. The summed E-state index contributed by atoms with van der Waals surface area (Å²) < 4.78 is 13.3. The number of hydrogen-bond acceptors (Lipinski definition) is 4. The fourth-order valence-corrected chi connectivity index (χ4v) is 1.57. The van der Waals surface area contributed by atoms with Gasteiger partial charge in [-0.25, -0.2) is 0 Å². The van der Waals surface area contributed by atoms with Crippen LogP contribution in [0.25, 0.3) is 5.32 Å². The molecular formula is C10H15AcFN5-. The summed E-state index contributed by atoms with van der Waals surface area (Å²) in [5.74, 6) is 0.555. The van der Waals surface area contributed by atoms with Gasteiger partial charge in [-0.1, -0.05) is 0 Å². The van der Waals surface area contributed by atoms with Crippen LogP contribution in [0.2, 0.25) is 0 Å². The summed E-state index contributed by atoms with van der Waals surface area (Å²) in [4.78, 5) is 11.9. The van der Waals surface area contributed by atoms with Gasteiger partial charge in [-0.3, -0.25) is 0 Å². The van der Waals surface area contributed by atoms with Crippen LogP contribution in [0.5, 0.6) is 0 Å². The summed E-state index contributed by atoms with van der Waals surface area (Å²) in [7, 11) is 3.66. The Morgan fingerprint density at radius 2 is 1.94 bits per heavy atom. The molecule has 7 heteroatoms. The van der Waals surface area contributed by atoms with E-state index in [1.54, 1.807) is 4.90 Å². The van der Waals surface area contributed by atoms with E-state index in [0.29, 0.717) is 11.8 Å². The van der Waals surface area contributed by atoms with E-state index in [1.165, 1.54) is 6.07 Å². The summed E-state index contributed by atoms with van der Waals surface area (Å²) in [5.41, 5.74) is 0. The summed E-state index contributed by atoms with van der Waals surface area (Å²) in [6, 6.07) is 1.33. The summed E-state index contributed by atoms with van der Waals surface area (Å²) in [6.07, 6.45) is 0. The molecule has 0 unspecified atom stereocenters. The van der Waals surface area contributed by atoms with E-state index < -0.39 is 5.95 Å². The molecule has 1 fully saturated rings. The van der Waals surface area contributed by atoms with Crippen LogP contribution in [-0.4, -0.2) is 50.2 Å². The van der Waals surface area contributed by atoms with E-state index in [0.717, 1.165) is 26.2 Å². The molecule has 17 heavy (non-hydrogen) atoms. The first-order chi connectivity index (χ1) is 7.66. The quantitative estimate of drug-likeness (QED) is 0.627. The minimum Gasteiger partial charge on any atom is -0.659 e. The maximum atomic E-state index is 13.3. The Morgan fingerprint density at radius 1 is 1.29 bits per heavy atom. The number of piperazine rings is 1. The third-order valence-electron chi connectivity index (χ3n) is 2.47. The first-order valence-corrected chi connectivity index (χ1v) is 5.27. The van der Waals surface area contributed by atoms with Crippen LogP contribution in [-0.2, 0) is 0 Å². The molecule has 1 aliphatic rings. The second-order valence-corrected chi connectivity index (χ2v) is 3.90. The average Bonchev–Trinajstić information content (AvgIpc) is 2.29. The zero-order valence-corrected chi connectivity index (χ0v) is 14.8. The van der Waals surface area contributed by atoms with Gasteiger partial charge in [-0.05, 0) is 0 Å². The van der Waals surface area contributed by atoms with Crippen LogP contribution in [0.4, 0.5) is 16.2 Å². The van der Waals surface area contributed by atoms with Crippen molar-refractivity contribution in [1.82, 2.24) is 9.97 Å². The topological polar surface area (TPSA) is 46.4 Å². The van der Waals surface area contributed by atoms with E-state index in [1.807, 2.05) is 19.0 Å². The molecule has 1 aromatic heterocycles. The minimum absolute atomic E-state index is 0. The fraction of sp³-hybridized carbons (Fsp3) is 0.600. The number of nitrogens with zero attached hydrogens (tertiary/aromatic N) is 5. The van der Waals surface area contributed by atoms with Crippen molar-refractivity contribution in [3.05, 3.63) is 17.3 Å². The van der Waals surface area contributed by atoms with Crippen LogP contribution < -0.4 is 9.80 Å². The second kappa shape index (κ2) is 6.81. The minimum atomic E-state index is -0.490. The van der Waals surface area contributed by atoms with Crippen LogP contribution in [0.1, 0.15) is 0 Å². The Morgan fingerprint density at radius 3 is 2.53 bits per heavy atom. The maximum Gasteiger partial charge on any atom is 0.229 e. The van der Waals surface area contributed by atoms with E-state index in [9.17, 15) is 4.39 Å². The molecule has 0 saturated carbocycles. The Labute approximate surface area is 136 Å². The third kappa shape index (κ3) is 4.01. The molecule has 0 atom stereocenters. The van der Waals surface area contributed by atoms with Crippen molar-refractivity contribution < 1.29 is 48.5 Å². The van der Waals surface area contributed by atoms with Gasteiger partial charge in [0.2, 0.25) is 11.9 Å².